The first-order chi connectivity index (χ1) is 14.2. The Bertz CT molecular complexity index is 1170. The second-order valence-electron chi connectivity index (χ2n) is 6.30. The molecule has 2 aromatic heterocycles. The van der Waals surface area contributed by atoms with E-state index in [1.807, 2.05) is 36.4 Å². The minimum Gasteiger partial charge on any atom is -0.408 e. The first-order valence-electron chi connectivity index (χ1n) is 9.08. The number of para-hydroxylation sites is 2. The molecule has 9 heteroatoms. The molecule has 0 spiro atoms. The van der Waals surface area contributed by atoms with Crippen molar-refractivity contribution in [3.8, 4) is 0 Å². The van der Waals surface area contributed by atoms with Gasteiger partial charge in [0.25, 0.3) is 0 Å². The van der Waals surface area contributed by atoms with Crippen molar-refractivity contribution >= 4 is 45.4 Å². The lowest BCUT2D eigenvalue weighted by molar-refractivity contribution is -0.116. The fourth-order valence-electron chi connectivity index (χ4n) is 2.85. The molecule has 0 unspecified atom stereocenters. The minimum atomic E-state index is -0.407. The van der Waals surface area contributed by atoms with Gasteiger partial charge in [0, 0.05) is 30.3 Å². The summed E-state index contributed by atoms with van der Waals surface area (Å²) in [4.78, 5) is 28.5. The summed E-state index contributed by atoms with van der Waals surface area (Å²) in [5.41, 5.74) is 2.48. The lowest BCUT2D eigenvalue weighted by Crippen LogP contribution is -2.17. The third-order valence-electron chi connectivity index (χ3n) is 4.22. The number of hydrogen-bond donors (Lipinski definition) is 1. The fraction of sp³-hybridized carbons (Fsp3) is 0.200. The molecule has 0 aliphatic rings. The highest BCUT2D eigenvalue weighted by molar-refractivity contribution is 7.98. The summed E-state index contributed by atoms with van der Waals surface area (Å²) in [6, 6.07) is 17.3. The van der Waals surface area contributed by atoms with E-state index in [1.165, 1.54) is 17.3 Å². The summed E-state index contributed by atoms with van der Waals surface area (Å²) in [7, 11) is 0. The van der Waals surface area contributed by atoms with Crippen LogP contribution in [0.25, 0.3) is 11.1 Å². The summed E-state index contributed by atoms with van der Waals surface area (Å²) < 4.78 is 11.0. The van der Waals surface area contributed by atoms with E-state index >= 15 is 0 Å². The molecule has 1 N–H and O–H groups in total. The fourth-order valence-corrected chi connectivity index (χ4v) is 4.36. The predicted molar refractivity (Wildman–Crippen MR) is 114 cm³/mol. The number of amides is 1. The number of aryl methyl sites for hydroxylation is 1. The Morgan fingerprint density at radius 3 is 2.79 bits per heavy atom. The van der Waals surface area contributed by atoms with E-state index in [2.05, 4.69) is 26.8 Å². The number of nitrogens with zero attached hydrogens (tertiary/aromatic N) is 3. The maximum atomic E-state index is 12.2. The maximum absolute atomic E-state index is 12.2. The van der Waals surface area contributed by atoms with Gasteiger partial charge in [-0.1, -0.05) is 54.2 Å². The standard InChI is InChI=1S/C20H18N4O3S2/c25-17(11-6-12-24-15-9-4-5-10-16(15)27-20(24)26)21-18-22-19(23-29-18)28-13-14-7-2-1-3-8-14/h1-5,7-10H,6,11-13H2,(H,21,22,23,25). The van der Waals surface area contributed by atoms with Crippen LogP contribution in [0.3, 0.4) is 0 Å². The van der Waals surface area contributed by atoms with Gasteiger partial charge in [-0.2, -0.15) is 9.36 Å². The molecule has 2 aromatic carbocycles. The van der Waals surface area contributed by atoms with Crippen molar-refractivity contribution < 1.29 is 9.21 Å². The van der Waals surface area contributed by atoms with Crippen molar-refractivity contribution in [3.63, 3.8) is 0 Å². The van der Waals surface area contributed by atoms with Gasteiger partial charge in [-0.3, -0.25) is 9.36 Å². The number of fused-ring (bicyclic) bond motifs is 1. The predicted octanol–water partition coefficient (Wildman–Crippen LogP) is 4.16. The van der Waals surface area contributed by atoms with Gasteiger partial charge in [0.2, 0.25) is 16.2 Å². The minimum absolute atomic E-state index is 0.151. The lowest BCUT2D eigenvalue weighted by Gasteiger charge is -2.03. The van der Waals surface area contributed by atoms with Crippen LogP contribution in [0.4, 0.5) is 5.13 Å². The van der Waals surface area contributed by atoms with Crippen molar-refractivity contribution in [1.29, 1.82) is 0 Å². The normalized spacial score (nSPS) is 11.0. The zero-order valence-electron chi connectivity index (χ0n) is 15.4. The van der Waals surface area contributed by atoms with Crippen LogP contribution in [0.15, 0.2) is 69.0 Å². The quantitative estimate of drug-likeness (QED) is 0.426. The van der Waals surface area contributed by atoms with Crippen molar-refractivity contribution in [2.24, 2.45) is 0 Å². The molecular weight excluding hydrogens is 408 g/mol. The highest BCUT2D eigenvalue weighted by atomic mass is 32.2. The number of rotatable bonds is 8. The third-order valence-corrected chi connectivity index (χ3v) is 5.89. The SMILES string of the molecule is O=C(CCCn1c(=O)oc2ccccc21)Nc1nc(SCc2ccccc2)ns1. The smallest absolute Gasteiger partial charge is 0.408 e. The van der Waals surface area contributed by atoms with E-state index in [-0.39, 0.29) is 12.3 Å². The number of aromatic nitrogens is 3. The highest BCUT2D eigenvalue weighted by Crippen LogP contribution is 2.23. The van der Waals surface area contributed by atoms with Gasteiger partial charge in [-0.15, -0.1) is 0 Å². The molecule has 0 fully saturated rings. The lowest BCUT2D eigenvalue weighted by atomic mass is 10.2. The molecule has 1 amide bonds. The van der Waals surface area contributed by atoms with E-state index in [0.29, 0.717) is 28.8 Å². The van der Waals surface area contributed by atoms with Crippen LogP contribution in [0.5, 0.6) is 0 Å². The van der Waals surface area contributed by atoms with Gasteiger partial charge in [-0.05, 0) is 24.1 Å². The zero-order chi connectivity index (χ0) is 20.1. The Morgan fingerprint density at radius 1 is 1.14 bits per heavy atom. The average Bonchev–Trinajstić information content (AvgIpc) is 3.31. The van der Waals surface area contributed by atoms with Crippen LogP contribution in [0.1, 0.15) is 18.4 Å². The molecule has 0 aliphatic carbocycles. The molecule has 4 aromatic rings. The third kappa shape index (κ3) is 4.93. The molecule has 7 nitrogen and oxygen atoms in total. The first kappa shape index (κ1) is 19.4. The van der Waals surface area contributed by atoms with E-state index in [9.17, 15) is 9.59 Å². The molecule has 29 heavy (non-hydrogen) atoms. The molecule has 0 saturated carbocycles. The number of hydrogen-bond acceptors (Lipinski definition) is 7. The number of anilines is 1. The molecular formula is C20H18N4O3S2. The molecule has 0 atom stereocenters. The molecule has 2 heterocycles. The number of nitrogens with one attached hydrogen (secondary N) is 1. The van der Waals surface area contributed by atoms with Gasteiger partial charge in [0.05, 0.1) is 5.52 Å². The van der Waals surface area contributed by atoms with Gasteiger partial charge in [0.15, 0.2) is 5.58 Å². The Balaban J connectivity index is 1.26. The van der Waals surface area contributed by atoms with Crippen LogP contribution in [0, 0.1) is 0 Å². The monoisotopic (exact) mass is 426 g/mol. The van der Waals surface area contributed by atoms with Gasteiger partial charge < -0.3 is 9.73 Å². The Morgan fingerprint density at radius 2 is 1.93 bits per heavy atom. The van der Waals surface area contributed by atoms with Crippen LogP contribution in [-0.2, 0) is 17.1 Å². The topological polar surface area (TPSA) is 90.0 Å². The summed E-state index contributed by atoms with van der Waals surface area (Å²) in [5, 5.41) is 3.90. The Labute approximate surface area is 174 Å². The van der Waals surface area contributed by atoms with Crippen molar-refractivity contribution in [2.75, 3.05) is 5.32 Å². The van der Waals surface area contributed by atoms with Crippen LogP contribution in [0.2, 0.25) is 0 Å². The number of carbonyl (C=O) groups is 1. The molecule has 148 valence electrons. The number of oxazole rings is 1. The van der Waals surface area contributed by atoms with E-state index in [0.717, 1.165) is 22.8 Å². The average molecular weight is 427 g/mol. The molecule has 4 rings (SSSR count). The van der Waals surface area contributed by atoms with Crippen LogP contribution in [-0.4, -0.2) is 19.8 Å². The second-order valence-corrected chi connectivity index (χ2v) is 7.99. The van der Waals surface area contributed by atoms with Crippen LogP contribution < -0.4 is 11.1 Å². The van der Waals surface area contributed by atoms with Gasteiger partial charge >= 0.3 is 5.76 Å². The summed E-state index contributed by atoms with van der Waals surface area (Å²) >= 11 is 2.69. The molecule has 0 aliphatic heterocycles. The molecule has 0 bridgehead atoms. The highest BCUT2D eigenvalue weighted by Gasteiger charge is 2.11. The number of benzene rings is 2. The van der Waals surface area contributed by atoms with Gasteiger partial charge in [-0.25, -0.2) is 4.79 Å². The summed E-state index contributed by atoms with van der Waals surface area (Å²) in [6.07, 6.45) is 0.793. The van der Waals surface area contributed by atoms with Crippen molar-refractivity contribution in [1.82, 2.24) is 13.9 Å². The number of carbonyl (C=O) groups excluding carboxylic acids is 1. The van der Waals surface area contributed by atoms with E-state index < -0.39 is 5.76 Å². The van der Waals surface area contributed by atoms with E-state index in [4.69, 9.17) is 4.42 Å². The maximum Gasteiger partial charge on any atom is 0.419 e. The molecule has 0 saturated heterocycles. The summed E-state index contributed by atoms with van der Waals surface area (Å²) in [5.74, 6) is 0.218. The summed E-state index contributed by atoms with van der Waals surface area (Å²) in [6.45, 7) is 0.414. The Hall–Kier alpha value is -2.91. The van der Waals surface area contributed by atoms with Crippen LogP contribution >= 0.6 is 23.3 Å². The zero-order valence-corrected chi connectivity index (χ0v) is 17.0. The van der Waals surface area contributed by atoms with E-state index in [1.54, 1.807) is 10.6 Å². The van der Waals surface area contributed by atoms with Crippen molar-refractivity contribution in [3.05, 3.63) is 70.7 Å². The van der Waals surface area contributed by atoms with Gasteiger partial charge in [0.1, 0.15) is 0 Å². The van der Waals surface area contributed by atoms with Crippen molar-refractivity contribution in [2.45, 2.75) is 30.3 Å². The first-order valence-corrected chi connectivity index (χ1v) is 10.8. The largest absolute Gasteiger partial charge is 0.419 e. The second kappa shape index (κ2) is 9.06. The molecule has 0 radical (unpaired) electrons. The number of thioether (sulfide) groups is 1. The Kier molecular flexibility index (Phi) is 6.06.